The maximum Gasteiger partial charge on any atom is 0.407 e. The first kappa shape index (κ1) is 31.6. The van der Waals surface area contributed by atoms with Gasteiger partial charge in [0.2, 0.25) is 23.1 Å². The van der Waals surface area contributed by atoms with Crippen molar-refractivity contribution in [3.63, 3.8) is 0 Å². The Balaban J connectivity index is 1.56. The fourth-order valence-electron chi connectivity index (χ4n) is 4.49. The minimum Gasteiger partial charge on any atom is -0.489 e. The summed E-state index contributed by atoms with van der Waals surface area (Å²) >= 11 is 0. The summed E-state index contributed by atoms with van der Waals surface area (Å²) in [5.41, 5.74) is 1.86. The molecule has 1 aromatic carbocycles. The van der Waals surface area contributed by atoms with E-state index in [0.29, 0.717) is 24.0 Å². The number of ether oxygens (including phenoxy) is 4. The molecule has 214 valence electrons. The summed E-state index contributed by atoms with van der Waals surface area (Å²) in [5, 5.41) is 2.59. The summed E-state index contributed by atoms with van der Waals surface area (Å²) < 4.78 is 20.2. The molecule has 1 atom stereocenters. The zero-order chi connectivity index (χ0) is 28.6. The van der Waals surface area contributed by atoms with Crippen LogP contribution in [0.1, 0.15) is 70.3 Å². The highest BCUT2D eigenvalue weighted by Crippen LogP contribution is 2.28. The number of ketones is 2. The van der Waals surface area contributed by atoms with Crippen LogP contribution in [0.25, 0.3) is 0 Å². The van der Waals surface area contributed by atoms with E-state index in [1.807, 2.05) is 30.3 Å². The van der Waals surface area contributed by atoms with Crippen molar-refractivity contribution in [3.8, 4) is 0 Å². The van der Waals surface area contributed by atoms with E-state index < -0.39 is 18.1 Å². The van der Waals surface area contributed by atoms with E-state index in [9.17, 15) is 19.2 Å². The van der Waals surface area contributed by atoms with Gasteiger partial charge in [-0.1, -0.05) is 68.9 Å². The fraction of sp³-hybridized carbons (Fsp3) is 0.533. The lowest BCUT2D eigenvalue weighted by Gasteiger charge is -2.20. The number of esters is 1. The third-order valence-corrected chi connectivity index (χ3v) is 6.71. The SMILES string of the molecule is COC(=O)[C@H](Cc1ccccc1)NC(=O)OCCCCCCCCCCC1=C(C)C(=O)C(OC)=C(OC)C1=O. The Labute approximate surface area is 230 Å². The maximum atomic E-state index is 12.7. The molecule has 0 fully saturated rings. The summed E-state index contributed by atoms with van der Waals surface area (Å²) in [6.07, 6.45) is 7.94. The molecule has 39 heavy (non-hydrogen) atoms. The van der Waals surface area contributed by atoms with Gasteiger partial charge in [0, 0.05) is 17.6 Å². The number of nitrogens with one attached hydrogen (secondary N) is 1. The number of methoxy groups -OCH3 is 3. The number of benzene rings is 1. The number of hydrogen-bond donors (Lipinski definition) is 1. The zero-order valence-corrected chi connectivity index (χ0v) is 23.5. The van der Waals surface area contributed by atoms with Gasteiger partial charge in [0.25, 0.3) is 0 Å². The Hall–Kier alpha value is -3.62. The largest absolute Gasteiger partial charge is 0.489 e. The molecular formula is C30H41NO8. The van der Waals surface area contributed by atoms with Crippen LogP contribution in [-0.2, 0) is 39.8 Å². The number of unbranched alkanes of at least 4 members (excludes halogenated alkanes) is 7. The molecule has 0 saturated heterocycles. The Morgan fingerprint density at radius 3 is 1.95 bits per heavy atom. The van der Waals surface area contributed by atoms with Gasteiger partial charge in [0.05, 0.1) is 27.9 Å². The summed E-state index contributed by atoms with van der Waals surface area (Å²) in [7, 11) is 4.02. The van der Waals surface area contributed by atoms with Crippen LogP contribution >= 0.6 is 0 Å². The molecule has 0 bridgehead atoms. The van der Waals surface area contributed by atoms with Crippen molar-refractivity contribution >= 4 is 23.6 Å². The Bertz CT molecular complexity index is 1040. The third kappa shape index (κ3) is 9.89. The Morgan fingerprint density at radius 1 is 0.795 bits per heavy atom. The second kappa shape index (κ2) is 17.1. The standard InChI is InChI=1S/C30H41NO8/c1-21-23(26(33)28(37-3)27(36-2)25(21)32)18-14-9-7-5-6-8-10-15-19-39-30(35)31-24(29(34)38-4)20-22-16-12-11-13-17-22/h11-13,16-17,24H,5-10,14-15,18-20H2,1-4H3,(H,31,35)/t24-/m0/s1. The van der Waals surface area contributed by atoms with Crippen LogP contribution in [0, 0.1) is 0 Å². The van der Waals surface area contributed by atoms with E-state index in [2.05, 4.69) is 5.32 Å². The van der Waals surface area contributed by atoms with Crippen molar-refractivity contribution in [2.45, 2.75) is 77.2 Å². The molecule has 0 spiro atoms. The summed E-state index contributed by atoms with van der Waals surface area (Å²) in [5.74, 6) is -1.11. The van der Waals surface area contributed by atoms with Crippen LogP contribution in [0.5, 0.6) is 0 Å². The quantitative estimate of drug-likeness (QED) is 0.166. The third-order valence-electron chi connectivity index (χ3n) is 6.71. The Morgan fingerprint density at radius 2 is 1.36 bits per heavy atom. The summed E-state index contributed by atoms with van der Waals surface area (Å²) in [6, 6.07) is 8.59. The lowest BCUT2D eigenvalue weighted by molar-refractivity contribution is -0.143. The van der Waals surface area contributed by atoms with Gasteiger partial charge in [-0.2, -0.15) is 0 Å². The smallest absolute Gasteiger partial charge is 0.407 e. The highest BCUT2D eigenvalue weighted by atomic mass is 16.6. The molecule has 1 N–H and O–H groups in total. The van der Waals surface area contributed by atoms with Crippen LogP contribution < -0.4 is 5.32 Å². The number of alkyl carbamates (subject to hydrolysis) is 1. The topological polar surface area (TPSA) is 117 Å². The molecule has 0 aromatic heterocycles. The number of carbonyl (C=O) groups excluding carboxylic acids is 4. The molecule has 1 aliphatic carbocycles. The average Bonchev–Trinajstić information content (AvgIpc) is 2.94. The number of hydrogen-bond acceptors (Lipinski definition) is 8. The van der Waals surface area contributed by atoms with Gasteiger partial charge < -0.3 is 24.3 Å². The van der Waals surface area contributed by atoms with Gasteiger partial charge in [-0.25, -0.2) is 9.59 Å². The van der Waals surface area contributed by atoms with Gasteiger partial charge in [0.1, 0.15) is 6.04 Å². The second-order valence-electron chi connectivity index (χ2n) is 9.45. The van der Waals surface area contributed by atoms with E-state index in [-0.39, 0.29) is 29.7 Å². The van der Waals surface area contributed by atoms with Crippen molar-refractivity contribution in [3.05, 3.63) is 58.6 Å². The molecule has 0 radical (unpaired) electrons. The number of Topliss-reactive ketones (excluding diaryl/α,β-unsaturated/α-hetero) is 2. The van der Waals surface area contributed by atoms with Crippen LogP contribution in [0.3, 0.4) is 0 Å². The minimum atomic E-state index is -0.803. The van der Waals surface area contributed by atoms with E-state index >= 15 is 0 Å². The van der Waals surface area contributed by atoms with E-state index in [1.54, 1.807) is 6.92 Å². The van der Waals surface area contributed by atoms with Gasteiger partial charge in [-0.15, -0.1) is 0 Å². The predicted molar refractivity (Wildman–Crippen MR) is 146 cm³/mol. The number of allylic oxidation sites excluding steroid dienone is 2. The van der Waals surface area contributed by atoms with E-state index in [0.717, 1.165) is 56.9 Å². The van der Waals surface area contributed by atoms with Gasteiger partial charge in [0.15, 0.2) is 0 Å². The molecule has 0 aliphatic heterocycles. The molecule has 9 nitrogen and oxygen atoms in total. The lowest BCUT2D eigenvalue weighted by atomic mass is 9.89. The molecule has 1 aliphatic rings. The monoisotopic (exact) mass is 543 g/mol. The normalized spacial score (nSPS) is 14.3. The maximum absolute atomic E-state index is 12.7. The molecule has 9 heteroatoms. The lowest BCUT2D eigenvalue weighted by Crippen LogP contribution is -2.43. The van der Waals surface area contributed by atoms with Crippen molar-refractivity contribution in [2.75, 3.05) is 27.9 Å². The number of rotatable bonds is 17. The molecule has 0 heterocycles. The van der Waals surface area contributed by atoms with Crippen molar-refractivity contribution < 1.29 is 38.1 Å². The highest BCUT2D eigenvalue weighted by molar-refractivity contribution is 6.23. The molecule has 0 unspecified atom stereocenters. The first-order chi connectivity index (χ1) is 18.8. The van der Waals surface area contributed by atoms with Gasteiger partial charge in [-0.05, 0) is 31.7 Å². The summed E-state index contributed by atoms with van der Waals surface area (Å²) in [4.78, 5) is 49.3. The Kier molecular flexibility index (Phi) is 13.8. The van der Waals surface area contributed by atoms with Crippen molar-refractivity contribution in [1.82, 2.24) is 5.32 Å². The predicted octanol–water partition coefficient (Wildman–Crippen LogP) is 4.98. The second-order valence-corrected chi connectivity index (χ2v) is 9.45. The van der Waals surface area contributed by atoms with Crippen molar-refractivity contribution in [1.29, 1.82) is 0 Å². The van der Waals surface area contributed by atoms with E-state index in [4.69, 9.17) is 18.9 Å². The molecule has 2 rings (SSSR count). The van der Waals surface area contributed by atoms with Crippen LogP contribution in [-0.4, -0.2) is 57.6 Å². The average molecular weight is 544 g/mol. The van der Waals surface area contributed by atoms with Crippen LogP contribution in [0.2, 0.25) is 0 Å². The molecule has 0 saturated carbocycles. The molecular weight excluding hydrogens is 502 g/mol. The molecule has 1 amide bonds. The first-order valence-electron chi connectivity index (χ1n) is 13.5. The highest BCUT2D eigenvalue weighted by Gasteiger charge is 2.34. The number of amides is 1. The van der Waals surface area contributed by atoms with Crippen LogP contribution in [0.15, 0.2) is 53.0 Å². The number of carbonyl (C=O) groups is 4. The van der Waals surface area contributed by atoms with E-state index in [1.165, 1.54) is 21.3 Å². The van der Waals surface area contributed by atoms with Crippen molar-refractivity contribution in [2.24, 2.45) is 0 Å². The first-order valence-corrected chi connectivity index (χ1v) is 13.5. The molecule has 1 aromatic rings. The summed E-state index contributed by atoms with van der Waals surface area (Å²) in [6.45, 7) is 1.95. The van der Waals surface area contributed by atoms with Gasteiger partial charge in [-0.3, -0.25) is 9.59 Å². The zero-order valence-electron chi connectivity index (χ0n) is 23.5. The fourth-order valence-corrected chi connectivity index (χ4v) is 4.49. The minimum absolute atomic E-state index is 0.0139. The van der Waals surface area contributed by atoms with Gasteiger partial charge >= 0.3 is 12.1 Å². The van der Waals surface area contributed by atoms with Crippen LogP contribution in [0.4, 0.5) is 4.79 Å².